The molecule has 0 spiro atoms. The Balaban J connectivity index is 3.92. The Morgan fingerprint density at radius 3 is 1.81 bits per heavy atom. The molecule has 0 radical (unpaired) electrons. The number of rotatable bonds is 10. The summed E-state index contributed by atoms with van der Waals surface area (Å²) in [5, 5.41) is 1.06. The van der Waals surface area contributed by atoms with Crippen molar-refractivity contribution in [1.82, 2.24) is 0 Å². The molecule has 96 valence electrons. The van der Waals surface area contributed by atoms with Gasteiger partial charge in [0, 0.05) is 5.33 Å². The molecular weight excluding hydrogens is 260 g/mol. The van der Waals surface area contributed by atoms with Crippen LogP contribution in [0.15, 0.2) is 11.1 Å². The molecule has 0 aromatic rings. The van der Waals surface area contributed by atoms with Crippen molar-refractivity contribution in [3.63, 3.8) is 0 Å². The molecule has 0 atom stereocenters. The Bertz CT molecular complexity index is 182. The summed E-state index contributed by atoms with van der Waals surface area (Å²) in [5.41, 5.74) is 3.30. The molecule has 0 unspecified atom stereocenters. The lowest BCUT2D eigenvalue weighted by Gasteiger charge is -2.11. The van der Waals surface area contributed by atoms with Gasteiger partial charge in [-0.25, -0.2) is 0 Å². The highest BCUT2D eigenvalue weighted by atomic mass is 79.9. The molecule has 0 fully saturated rings. The highest BCUT2D eigenvalue weighted by Gasteiger charge is 2.02. The van der Waals surface area contributed by atoms with Crippen molar-refractivity contribution < 1.29 is 0 Å². The Morgan fingerprint density at radius 2 is 1.31 bits per heavy atom. The minimum atomic E-state index is 1.06. The van der Waals surface area contributed by atoms with E-state index in [1.165, 1.54) is 57.8 Å². The summed E-state index contributed by atoms with van der Waals surface area (Å²) in [6, 6.07) is 0. The minimum Gasteiger partial charge on any atom is -0.0880 e. The van der Waals surface area contributed by atoms with Gasteiger partial charge in [-0.15, -0.1) is 0 Å². The Labute approximate surface area is 111 Å². The first kappa shape index (κ1) is 16.2. The third-order valence-corrected chi connectivity index (χ3v) is 4.06. The number of hydrogen-bond acceptors (Lipinski definition) is 0. The van der Waals surface area contributed by atoms with Crippen LogP contribution in [0, 0.1) is 0 Å². The standard InChI is InChI=1S/C15H29Br/c1-4-6-8-10-12-15(14(3)13-16)11-9-7-5-2/h4-13H2,1-3H3/b15-14-. The summed E-state index contributed by atoms with van der Waals surface area (Å²) in [7, 11) is 0. The molecule has 0 bridgehead atoms. The molecule has 0 aromatic heterocycles. The average molecular weight is 289 g/mol. The number of unbranched alkanes of at least 4 members (excludes halogenated alkanes) is 5. The summed E-state index contributed by atoms with van der Waals surface area (Å²) in [5.74, 6) is 0. The maximum atomic E-state index is 3.59. The lowest BCUT2D eigenvalue weighted by Crippen LogP contribution is -1.92. The number of allylic oxidation sites excluding steroid dienone is 2. The number of halogens is 1. The second-order valence-corrected chi connectivity index (χ2v) is 5.35. The van der Waals surface area contributed by atoms with Crippen molar-refractivity contribution in [2.75, 3.05) is 5.33 Å². The maximum absolute atomic E-state index is 3.59. The quantitative estimate of drug-likeness (QED) is 0.253. The molecular formula is C15H29Br. The van der Waals surface area contributed by atoms with Crippen molar-refractivity contribution in [2.24, 2.45) is 0 Å². The monoisotopic (exact) mass is 288 g/mol. The second-order valence-electron chi connectivity index (χ2n) is 4.79. The van der Waals surface area contributed by atoms with Crippen molar-refractivity contribution in [3.05, 3.63) is 11.1 Å². The zero-order chi connectivity index (χ0) is 12.2. The predicted octanol–water partition coefficient (Wildman–Crippen LogP) is 6.25. The van der Waals surface area contributed by atoms with Crippen LogP contribution in [0.25, 0.3) is 0 Å². The normalized spacial score (nSPS) is 12.8. The van der Waals surface area contributed by atoms with E-state index in [1.807, 2.05) is 0 Å². The van der Waals surface area contributed by atoms with Gasteiger partial charge < -0.3 is 0 Å². The lowest BCUT2D eigenvalue weighted by atomic mass is 9.97. The van der Waals surface area contributed by atoms with Crippen LogP contribution in [0.1, 0.15) is 78.6 Å². The van der Waals surface area contributed by atoms with E-state index in [-0.39, 0.29) is 0 Å². The highest BCUT2D eigenvalue weighted by molar-refractivity contribution is 9.09. The summed E-state index contributed by atoms with van der Waals surface area (Å²) >= 11 is 3.59. The summed E-state index contributed by atoms with van der Waals surface area (Å²) in [6.45, 7) is 6.85. The molecule has 0 rings (SSSR count). The van der Waals surface area contributed by atoms with Crippen LogP contribution >= 0.6 is 15.9 Å². The second kappa shape index (κ2) is 11.7. The van der Waals surface area contributed by atoms with Crippen LogP contribution in [0.5, 0.6) is 0 Å². The Morgan fingerprint density at radius 1 is 0.812 bits per heavy atom. The molecule has 0 aliphatic rings. The fourth-order valence-corrected chi connectivity index (χ4v) is 2.40. The highest BCUT2D eigenvalue weighted by Crippen LogP contribution is 2.21. The third-order valence-electron chi connectivity index (χ3n) is 3.22. The zero-order valence-corrected chi connectivity index (χ0v) is 13.0. The Kier molecular flexibility index (Phi) is 11.9. The van der Waals surface area contributed by atoms with Gasteiger partial charge in [0.2, 0.25) is 0 Å². The zero-order valence-electron chi connectivity index (χ0n) is 11.4. The van der Waals surface area contributed by atoms with E-state index in [0.29, 0.717) is 0 Å². The average Bonchev–Trinajstić information content (AvgIpc) is 2.31. The van der Waals surface area contributed by atoms with Crippen molar-refractivity contribution in [3.8, 4) is 0 Å². The van der Waals surface area contributed by atoms with E-state index in [0.717, 1.165) is 5.33 Å². The molecule has 0 N–H and O–H groups in total. The fraction of sp³-hybridized carbons (Fsp3) is 0.867. The summed E-state index contributed by atoms with van der Waals surface area (Å²) in [4.78, 5) is 0. The predicted molar refractivity (Wildman–Crippen MR) is 79.4 cm³/mol. The third kappa shape index (κ3) is 8.38. The van der Waals surface area contributed by atoms with E-state index in [2.05, 4.69) is 36.7 Å². The van der Waals surface area contributed by atoms with Gasteiger partial charge >= 0.3 is 0 Å². The van der Waals surface area contributed by atoms with E-state index in [9.17, 15) is 0 Å². The van der Waals surface area contributed by atoms with Gasteiger partial charge in [0.05, 0.1) is 0 Å². The molecule has 0 amide bonds. The summed E-state index contributed by atoms with van der Waals surface area (Å²) < 4.78 is 0. The van der Waals surface area contributed by atoms with Crippen LogP contribution in [-0.2, 0) is 0 Å². The molecule has 0 aromatic carbocycles. The molecule has 0 nitrogen and oxygen atoms in total. The van der Waals surface area contributed by atoms with Gasteiger partial charge in [-0.2, -0.15) is 0 Å². The smallest absolute Gasteiger partial charge is 0.0241 e. The van der Waals surface area contributed by atoms with Crippen LogP contribution in [0.4, 0.5) is 0 Å². The van der Waals surface area contributed by atoms with Gasteiger partial charge in [0.1, 0.15) is 0 Å². The van der Waals surface area contributed by atoms with Crippen LogP contribution in [-0.4, -0.2) is 5.33 Å². The molecule has 1 heteroatoms. The fourth-order valence-electron chi connectivity index (χ4n) is 2.00. The van der Waals surface area contributed by atoms with E-state index in [4.69, 9.17) is 0 Å². The molecule has 0 saturated carbocycles. The van der Waals surface area contributed by atoms with Crippen LogP contribution in [0.2, 0.25) is 0 Å². The first-order valence-corrected chi connectivity index (χ1v) is 8.11. The molecule has 0 heterocycles. The van der Waals surface area contributed by atoms with E-state index < -0.39 is 0 Å². The SMILES string of the molecule is CCCCCC/C(CCCCC)=C(/C)CBr. The van der Waals surface area contributed by atoms with E-state index >= 15 is 0 Å². The first-order chi connectivity index (χ1) is 7.76. The molecule has 0 aliphatic carbocycles. The topological polar surface area (TPSA) is 0 Å². The minimum absolute atomic E-state index is 1.06. The van der Waals surface area contributed by atoms with E-state index in [1.54, 1.807) is 11.1 Å². The molecule has 16 heavy (non-hydrogen) atoms. The summed E-state index contributed by atoms with van der Waals surface area (Å²) in [6.07, 6.45) is 12.3. The van der Waals surface area contributed by atoms with Gasteiger partial charge in [-0.05, 0) is 32.6 Å². The van der Waals surface area contributed by atoms with Gasteiger partial charge in [0.15, 0.2) is 0 Å². The lowest BCUT2D eigenvalue weighted by molar-refractivity contribution is 0.633. The first-order valence-electron chi connectivity index (χ1n) is 6.99. The van der Waals surface area contributed by atoms with Gasteiger partial charge in [-0.1, -0.05) is 73.0 Å². The number of hydrogen-bond donors (Lipinski definition) is 0. The Hall–Kier alpha value is 0.220. The number of alkyl halides is 1. The van der Waals surface area contributed by atoms with Crippen LogP contribution < -0.4 is 0 Å². The van der Waals surface area contributed by atoms with Gasteiger partial charge in [-0.3, -0.25) is 0 Å². The van der Waals surface area contributed by atoms with Crippen LogP contribution in [0.3, 0.4) is 0 Å². The van der Waals surface area contributed by atoms with Crippen molar-refractivity contribution >= 4 is 15.9 Å². The largest absolute Gasteiger partial charge is 0.0880 e. The van der Waals surface area contributed by atoms with Crippen molar-refractivity contribution in [2.45, 2.75) is 78.6 Å². The van der Waals surface area contributed by atoms with Crippen molar-refractivity contribution in [1.29, 1.82) is 0 Å². The maximum Gasteiger partial charge on any atom is 0.0241 e. The molecule has 0 saturated heterocycles. The van der Waals surface area contributed by atoms with Gasteiger partial charge in [0.25, 0.3) is 0 Å². The molecule has 0 aliphatic heterocycles.